The minimum absolute atomic E-state index is 0.241. The summed E-state index contributed by atoms with van der Waals surface area (Å²) in [5, 5.41) is 10.3. The number of anilines is 2. The normalized spacial score (nSPS) is 11.5. The second-order valence-corrected chi connectivity index (χ2v) is 8.63. The third-order valence-corrected chi connectivity index (χ3v) is 5.69. The molecule has 0 fully saturated rings. The Hall–Kier alpha value is -2.42. The van der Waals surface area contributed by atoms with Gasteiger partial charge in [0.1, 0.15) is 16.8 Å². The highest BCUT2D eigenvalue weighted by atomic mass is 35.5. The van der Waals surface area contributed by atoms with Crippen LogP contribution in [0.5, 0.6) is 0 Å². The first-order valence-electron chi connectivity index (χ1n) is 9.96. The van der Waals surface area contributed by atoms with Crippen LogP contribution in [0, 0.1) is 6.92 Å². The van der Waals surface area contributed by atoms with E-state index in [2.05, 4.69) is 30.0 Å². The van der Waals surface area contributed by atoms with Crippen molar-refractivity contribution in [1.29, 1.82) is 0 Å². The van der Waals surface area contributed by atoms with Gasteiger partial charge in [0, 0.05) is 44.6 Å². The summed E-state index contributed by atoms with van der Waals surface area (Å²) in [7, 11) is 5.79. The van der Waals surface area contributed by atoms with Crippen LogP contribution in [0.2, 0.25) is 10.2 Å². The second-order valence-electron chi connectivity index (χ2n) is 7.80. The third-order valence-electron chi connectivity index (χ3n) is 5.28. The number of carbonyl (C=O) groups is 1. The quantitative estimate of drug-likeness (QED) is 0.285. The number of fused-ring (bicyclic) bond motifs is 1. The molecule has 0 spiro atoms. The topological polar surface area (TPSA) is 70.4 Å². The minimum Gasteiger partial charge on any atom is -0.298 e. The molecule has 1 amide bonds. The maximum Gasteiger partial charge on any atom is 0.215 e. The van der Waals surface area contributed by atoms with E-state index in [0.29, 0.717) is 29.8 Å². The third kappa shape index (κ3) is 4.92. The number of rotatable bonds is 8. The number of hydrogen-bond acceptors (Lipinski definition) is 6. The molecule has 3 aromatic heterocycles. The van der Waals surface area contributed by atoms with Gasteiger partial charge in [0.05, 0.1) is 5.69 Å². The Morgan fingerprint density at radius 1 is 1.10 bits per heavy atom. The number of aromatic nitrogens is 4. The van der Waals surface area contributed by atoms with Crippen molar-refractivity contribution in [3.8, 4) is 0 Å². The predicted molar refractivity (Wildman–Crippen MR) is 126 cm³/mol. The lowest BCUT2D eigenvalue weighted by Gasteiger charge is -2.31. The monoisotopic (exact) mass is 463 g/mol. The average molecular weight is 464 g/mol. The Balaban J connectivity index is 1.82. The van der Waals surface area contributed by atoms with Crippen LogP contribution >= 0.6 is 23.2 Å². The predicted octanol–water partition coefficient (Wildman–Crippen LogP) is 4.05. The molecule has 0 radical (unpaired) electrons. The van der Waals surface area contributed by atoms with Gasteiger partial charge in [-0.1, -0.05) is 37.0 Å². The Bertz CT molecular complexity index is 1080. The summed E-state index contributed by atoms with van der Waals surface area (Å²) in [6.07, 6.45) is 0.725. The van der Waals surface area contributed by atoms with Gasteiger partial charge in [-0.15, -0.1) is 0 Å². The fourth-order valence-electron chi connectivity index (χ4n) is 3.48. The number of likely N-dealkylation sites (N-methyl/N-ethyl adjacent to an activating group) is 1. The van der Waals surface area contributed by atoms with E-state index in [9.17, 15) is 4.79 Å². The van der Waals surface area contributed by atoms with Gasteiger partial charge < -0.3 is 0 Å². The Labute approximate surface area is 192 Å². The summed E-state index contributed by atoms with van der Waals surface area (Å²) >= 11 is 12.0. The molecule has 0 bridgehead atoms. The van der Waals surface area contributed by atoms with Crippen molar-refractivity contribution in [2.45, 2.75) is 26.7 Å². The first-order chi connectivity index (χ1) is 14.6. The van der Waals surface area contributed by atoms with E-state index in [1.165, 1.54) is 16.5 Å². The average Bonchev–Trinajstić information content (AvgIpc) is 3.00. The molecule has 166 valence electrons. The lowest BCUT2D eigenvalue weighted by atomic mass is 10.00. The van der Waals surface area contributed by atoms with Crippen LogP contribution in [0.25, 0.3) is 11.0 Å². The molecular weight excluding hydrogens is 437 g/mol. The Kier molecular flexibility index (Phi) is 7.03. The molecule has 0 atom stereocenters. The zero-order valence-corrected chi connectivity index (χ0v) is 20.1. The van der Waals surface area contributed by atoms with Crippen molar-refractivity contribution in [3.63, 3.8) is 0 Å². The van der Waals surface area contributed by atoms with Crippen LogP contribution in [-0.4, -0.2) is 58.4 Å². The summed E-state index contributed by atoms with van der Waals surface area (Å²) in [6.45, 7) is 7.29. The number of hydrogen-bond donors (Lipinski definition) is 0. The van der Waals surface area contributed by atoms with Crippen molar-refractivity contribution in [2.24, 2.45) is 7.05 Å². The molecule has 3 heterocycles. The van der Waals surface area contributed by atoms with Crippen LogP contribution in [0.3, 0.4) is 0 Å². The van der Waals surface area contributed by atoms with Gasteiger partial charge in [-0.25, -0.2) is 15.0 Å². The maximum atomic E-state index is 11.6. The van der Waals surface area contributed by atoms with Crippen LogP contribution < -0.4 is 9.91 Å². The highest BCUT2D eigenvalue weighted by molar-refractivity contribution is 6.34. The molecule has 8 nitrogen and oxygen atoms in total. The standard InChI is InChI=1S/C21H27Cl2N7O/c1-13(2)16-11-18(25-21-20(16)14(3)26-28(21)5)29(6)27(4)7-8-30(12-31)19-10-15(22)9-17(23)24-19/h9-13H,7-8H2,1-6H3. The molecule has 0 aliphatic heterocycles. The van der Waals surface area contributed by atoms with Crippen molar-refractivity contribution in [1.82, 2.24) is 24.8 Å². The summed E-state index contributed by atoms with van der Waals surface area (Å²) < 4.78 is 1.82. The largest absolute Gasteiger partial charge is 0.298 e. The van der Waals surface area contributed by atoms with Gasteiger partial charge in [0.2, 0.25) is 6.41 Å². The van der Waals surface area contributed by atoms with Crippen LogP contribution in [0.1, 0.15) is 31.0 Å². The Morgan fingerprint density at radius 3 is 2.42 bits per heavy atom. The first-order valence-corrected chi connectivity index (χ1v) is 10.7. The summed E-state index contributed by atoms with van der Waals surface area (Å²) in [6, 6.07) is 5.25. The van der Waals surface area contributed by atoms with Crippen molar-refractivity contribution in [2.75, 3.05) is 37.1 Å². The van der Waals surface area contributed by atoms with Crippen LogP contribution in [-0.2, 0) is 11.8 Å². The first kappa shape index (κ1) is 23.2. The fraction of sp³-hybridized carbons (Fsp3) is 0.429. The molecule has 0 aromatic carbocycles. The maximum absolute atomic E-state index is 11.6. The van der Waals surface area contributed by atoms with E-state index in [1.54, 1.807) is 6.07 Å². The zero-order valence-electron chi connectivity index (χ0n) is 18.6. The number of hydrazine groups is 1. The zero-order chi connectivity index (χ0) is 22.9. The number of carbonyl (C=O) groups excluding carboxylic acids is 1. The Morgan fingerprint density at radius 2 is 1.81 bits per heavy atom. The van der Waals surface area contributed by atoms with Crippen LogP contribution in [0.15, 0.2) is 18.2 Å². The minimum atomic E-state index is 0.241. The number of amides is 1. The summed E-state index contributed by atoms with van der Waals surface area (Å²) in [5.74, 6) is 1.55. The van der Waals surface area contributed by atoms with E-state index in [4.69, 9.17) is 28.2 Å². The van der Waals surface area contributed by atoms with Crippen molar-refractivity contribution in [3.05, 3.63) is 39.6 Å². The lowest BCUT2D eigenvalue weighted by Crippen LogP contribution is -2.42. The molecule has 10 heteroatoms. The van der Waals surface area contributed by atoms with E-state index >= 15 is 0 Å². The molecule has 3 aromatic rings. The van der Waals surface area contributed by atoms with Crippen molar-refractivity contribution >= 4 is 52.3 Å². The van der Waals surface area contributed by atoms with E-state index in [-0.39, 0.29) is 5.15 Å². The van der Waals surface area contributed by atoms with Gasteiger partial charge in [0.15, 0.2) is 5.65 Å². The molecule has 3 rings (SSSR count). The molecule has 0 unspecified atom stereocenters. The van der Waals surface area contributed by atoms with E-state index < -0.39 is 0 Å². The highest BCUT2D eigenvalue weighted by Gasteiger charge is 2.19. The second kappa shape index (κ2) is 9.38. The number of halogens is 2. The van der Waals surface area contributed by atoms with Gasteiger partial charge in [0.25, 0.3) is 0 Å². The molecule has 0 saturated heterocycles. The SMILES string of the molecule is Cc1nn(C)c2nc(N(C)N(C)CCN(C=O)c3cc(Cl)cc(Cl)n3)cc(C(C)C)c12. The molecule has 0 aliphatic rings. The molecule has 0 N–H and O–H groups in total. The van der Waals surface area contributed by atoms with Gasteiger partial charge in [-0.05, 0) is 36.6 Å². The number of pyridine rings is 2. The molecule has 31 heavy (non-hydrogen) atoms. The van der Waals surface area contributed by atoms with Gasteiger partial charge in [-0.2, -0.15) is 5.10 Å². The summed E-state index contributed by atoms with van der Waals surface area (Å²) in [5.41, 5.74) is 3.04. The van der Waals surface area contributed by atoms with E-state index in [1.807, 2.05) is 42.8 Å². The molecule has 0 saturated carbocycles. The van der Waals surface area contributed by atoms with Crippen molar-refractivity contribution < 1.29 is 4.79 Å². The van der Waals surface area contributed by atoms with E-state index in [0.717, 1.165) is 29.0 Å². The smallest absolute Gasteiger partial charge is 0.215 e. The number of aryl methyl sites for hydroxylation is 2. The summed E-state index contributed by atoms with van der Waals surface area (Å²) in [4.78, 5) is 22.1. The number of nitrogens with zero attached hydrogens (tertiary/aromatic N) is 7. The highest BCUT2D eigenvalue weighted by Crippen LogP contribution is 2.30. The fourth-order valence-corrected chi connectivity index (χ4v) is 3.94. The molecular formula is C21H27Cl2N7O. The van der Waals surface area contributed by atoms with Gasteiger partial charge in [-0.3, -0.25) is 19.4 Å². The lowest BCUT2D eigenvalue weighted by molar-refractivity contribution is -0.107. The van der Waals surface area contributed by atoms with Crippen LogP contribution in [0.4, 0.5) is 11.6 Å². The molecule has 0 aliphatic carbocycles. The van der Waals surface area contributed by atoms with Gasteiger partial charge >= 0.3 is 0 Å².